The Kier molecular flexibility index (Phi) is 4.92. The molecule has 2 amide bonds. The third kappa shape index (κ3) is 3.55. The number of hydrogen-bond donors (Lipinski definition) is 2. The van der Waals surface area contributed by atoms with Crippen molar-refractivity contribution in [3.8, 4) is 11.1 Å². The Bertz CT molecular complexity index is 1190. The van der Waals surface area contributed by atoms with Crippen molar-refractivity contribution in [2.45, 2.75) is 6.92 Å². The average Bonchev–Trinajstić information content (AvgIpc) is 3.33. The molecule has 0 aliphatic carbocycles. The SMILES string of the molecule is Cc1cc(C(=O)N2CCOCC2)c(C=C2C(=O)Nc3cccc(-c4ccccc4)c32)[nH]1. The van der Waals surface area contributed by atoms with Crippen LogP contribution in [0.3, 0.4) is 0 Å². The molecule has 6 nitrogen and oxygen atoms in total. The molecule has 5 rings (SSSR count). The van der Waals surface area contributed by atoms with Gasteiger partial charge in [-0.1, -0.05) is 42.5 Å². The highest BCUT2D eigenvalue weighted by Gasteiger charge is 2.29. The largest absolute Gasteiger partial charge is 0.378 e. The number of ether oxygens (including phenoxy) is 1. The molecule has 2 aliphatic rings. The Morgan fingerprint density at radius 2 is 1.84 bits per heavy atom. The zero-order valence-electron chi connectivity index (χ0n) is 17.3. The molecule has 0 radical (unpaired) electrons. The molecule has 0 spiro atoms. The van der Waals surface area contributed by atoms with E-state index in [1.54, 1.807) is 11.0 Å². The fourth-order valence-corrected chi connectivity index (χ4v) is 4.23. The van der Waals surface area contributed by atoms with E-state index in [1.807, 2.05) is 61.5 Å². The molecule has 2 aliphatic heterocycles. The number of anilines is 1. The number of hydrogen-bond acceptors (Lipinski definition) is 3. The first-order valence-electron chi connectivity index (χ1n) is 10.4. The van der Waals surface area contributed by atoms with E-state index in [1.165, 1.54) is 0 Å². The molecule has 3 aromatic rings. The molecular weight excluding hydrogens is 390 g/mol. The number of aromatic nitrogens is 1. The topological polar surface area (TPSA) is 74.4 Å². The summed E-state index contributed by atoms with van der Waals surface area (Å²) in [6, 6.07) is 17.7. The maximum absolute atomic E-state index is 13.1. The van der Waals surface area contributed by atoms with Crippen LogP contribution in [0.25, 0.3) is 22.8 Å². The fourth-order valence-electron chi connectivity index (χ4n) is 4.23. The Labute approximate surface area is 180 Å². The molecule has 1 aromatic heterocycles. The predicted octanol–water partition coefficient (Wildman–Crippen LogP) is 3.96. The maximum atomic E-state index is 13.1. The van der Waals surface area contributed by atoms with Gasteiger partial charge in [0, 0.05) is 30.0 Å². The van der Waals surface area contributed by atoms with E-state index in [9.17, 15) is 9.59 Å². The second-order valence-corrected chi connectivity index (χ2v) is 7.79. The van der Waals surface area contributed by atoms with Gasteiger partial charge in [-0.15, -0.1) is 0 Å². The summed E-state index contributed by atoms with van der Waals surface area (Å²) in [4.78, 5) is 31.1. The first-order valence-corrected chi connectivity index (χ1v) is 10.4. The third-order valence-electron chi connectivity index (χ3n) is 5.71. The molecule has 0 unspecified atom stereocenters. The lowest BCUT2D eigenvalue weighted by atomic mass is 9.94. The van der Waals surface area contributed by atoms with Gasteiger partial charge in [-0.3, -0.25) is 9.59 Å². The lowest BCUT2D eigenvalue weighted by Crippen LogP contribution is -2.40. The quantitative estimate of drug-likeness (QED) is 0.639. The minimum Gasteiger partial charge on any atom is -0.378 e. The van der Waals surface area contributed by atoms with E-state index >= 15 is 0 Å². The molecule has 2 N–H and O–H groups in total. The second kappa shape index (κ2) is 7.89. The Balaban J connectivity index is 1.60. The maximum Gasteiger partial charge on any atom is 0.256 e. The average molecular weight is 413 g/mol. The van der Waals surface area contributed by atoms with Crippen LogP contribution in [0.5, 0.6) is 0 Å². The second-order valence-electron chi connectivity index (χ2n) is 7.79. The van der Waals surface area contributed by atoms with Gasteiger partial charge in [-0.2, -0.15) is 0 Å². The van der Waals surface area contributed by atoms with Crippen molar-refractivity contribution in [2.75, 3.05) is 31.6 Å². The molecule has 156 valence electrons. The van der Waals surface area contributed by atoms with Crippen molar-refractivity contribution in [3.05, 3.63) is 77.1 Å². The van der Waals surface area contributed by atoms with E-state index in [4.69, 9.17) is 4.74 Å². The van der Waals surface area contributed by atoms with Crippen molar-refractivity contribution in [1.82, 2.24) is 9.88 Å². The van der Waals surface area contributed by atoms with Crippen molar-refractivity contribution < 1.29 is 14.3 Å². The highest BCUT2D eigenvalue weighted by atomic mass is 16.5. The van der Waals surface area contributed by atoms with Crippen molar-refractivity contribution >= 4 is 29.2 Å². The summed E-state index contributed by atoms with van der Waals surface area (Å²) in [5.74, 6) is -0.218. The van der Waals surface area contributed by atoms with E-state index in [0.717, 1.165) is 28.1 Å². The zero-order chi connectivity index (χ0) is 21.4. The summed E-state index contributed by atoms with van der Waals surface area (Å²) in [6.07, 6.45) is 1.80. The number of nitrogens with zero attached hydrogens (tertiary/aromatic N) is 1. The van der Waals surface area contributed by atoms with Gasteiger partial charge in [0.2, 0.25) is 0 Å². The number of amides is 2. The zero-order valence-corrected chi connectivity index (χ0v) is 17.3. The fraction of sp³-hybridized carbons (Fsp3) is 0.200. The molecule has 0 saturated carbocycles. The van der Waals surface area contributed by atoms with Gasteiger partial charge in [0.05, 0.1) is 30.0 Å². The Hall–Kier alpha value is -3.64. The standard InChI is InChI=1S/C25H23N3O3/c1-16-14-19(25(30)28-10-12-31-13-11-28)22(26-16)15-20-23-18(17-6-3-2-4-7-17)8-5-9-21(23)27-24(20)29/h2-9,14-15,26H,10-13H2,1H3,(H,27,29). The minimum atomic E-state index is -0.171. The van der Waals surface area contributed by atoms with E-state index < -0.39 is 0 Å². The van der Waals surface area contributed by atoms with Crippen LogP contribution in [-0.4, -0.2) is 48.0 Å². The molecule has 2 aromatic carbocycles. The number of rotatable bonds is 3. The summed E-state index contributed by atoms with van der Waals surface area (Å²) >= 11 is 0. The highest BCUT2D eigenvalue weighted by Crippen LogP contribution is 2.40. The molecule has 3 heterocycles. The first kappa shape index (κ1) is 19.3. The van der Waals surface area contributed by atoms with Gasteiger partial charge in [0.25, 0.3) is 11.8 Å². The smallest absolute Gasteiger partial charge is 0.256 e. The van der Waals surface area contributed by atoms with Crippen LogP contribution < -0.4 is 5.32 Å². The summed E-state index contributed by atoms with van der Waals surface area (Å²) in [5, 5.41) is 2.96. The van der Waals surface area contributed by atoms with E-state index in [0.29, 0.717) is 43.1 Å². The molecular formula is C25H23N3O3. The van der Waals surface area contributed by atoms with Crippen LogP contribution in [0.15, 0.2) is 54.6 Å². The number of benzene rings is 2. The number of H-pyrrole nitrogens is 1. The van der Waals surface area contributed by atoms with Gasteiger partial charge >= 0.3 is 0 Å². The predicted molar refractivity (Wildman–Crippen MR) is 121 cm³/mol. The van der Waals surface area contributed by atoms with Crippen LogP contribution in [0.1, 0.15) is 27.3 Å². The molecule has 1 saturated heterocycles. The third-order valence-corrected chi connectivity index (χ3v) is 5.71. The van der Waals surface area contributed by atoms with Crippen LogP contribution in [0.4, 0.5) is 5.69 Å². The van der Waals surface area contributed by atoms with Crippen molar-refractivity contribution in [2.24, 2.45) is 0 Å². The number of morpholine rings is 1. The molecule has 1 fully saturated rings. The molecule has 0 bridgehead atoms. The normalized spacial score (nSPS) is 17.0. The van der Waals surface area contributed by atoms with Crippen LogP contribution in [0.2, 0.25) is 0 Å². The molecule has 0 atom stereocenters. The lowest BCUT2D eigenvalue weighted by molar-refractivity contribution is -0.110. The Morgan fingerprint density at radius 1 is 1.06 bits per heavy atom. The minimum absolute atomic E-state index is 0.0468. The number of carbonyl (C=O) groups is 2. The summed E-state index contributed by atoms with van der Waals surface area (Å²) in [7, 11) is 0. The number of carbonyl (C=O) groups excluding carboxylic acids is 2. The molecule has 6 heteroatoms. The monoisotopic (exact) mass is 413 g/mol. The summed E-state index contributed by atoms with van der Waals surface area (Å²) < 4.78 is 5.37. The van der Waals surface area contributed by atoms with Gasteiger partial charge in [-0.25, -0.2) is 0 Å². The van der Waals surface area contributed by atoms with Crippen LogP contribution >= 0.6 is 0 Å². The van der Waals surface area contributed by atoms with E-state index in [2.05, 4.69) is 10.3 Å². The van der Waals surface area contributed by atoms with Gasteiger partial charge < -0.3 is 19.9 Å². The van der Waals surface area contributed by atoms with Crippen molar-refractivity contribution in [3.63, 3.8) is 0 Å². The van der Waals surface area contributed by atoms with Gasteiger partial charge in [-0.05, 0) is 36.3 Å². The molecule has 31 heavy (non-hydrogen) atoms. The number of aromatic amines is 1. The first-order chi connectivity index (χ1) is 15.1. The summed E-state index contributed by atoms with van der Waals surface area (Å²) in [5.41, 5.74) is 6.30. The van der Waals surface area contributed by atoms with Crippen molar-refractivity contribution in [1.29, 1.82) is 0 Å². The van der Waals surface area contributed by atoms with Crippen LogP contribution in [-0.2, 0) is 9.53 Å². The summed E-state index contributed by atoms with van der Waals surface area (Å²) in [6.45, 7) is 4.14. The highest BCUT2D eigenvalue weighted by molar-refractivity contribution is 6.36. The number of nitrogens with one attached hydrogen (secondary N) is 2. The Morgan fingerprint density at radius 3 is 2.61 bits per heavy atom. The van der Waals surface area contributed by atoms with Gasteiger partial charge in [0.1, 0.15) is 0 Å². The van der Waals surface area contributed by atoms with Gasteiger partial charge in [0.15, 0.2) is 0 Å². The van der Waals surface area contributed by atoms with Crippen LogP contribution in [0, 0.1) is 6.92 Å². The van der Waals surface area contributed by atoms with E-state index in [-0.39, 0.29) is 11.8 Å². The lowest BCUT2D eigenvalue weighted by Gasteiger charge is -2.26. The number of aryl methyl sites for hydroxylation is 1. The number of fused-ring (bicyclic) bond motifs is 1.